The molecular formula is C13H13NO3S2. The van der Waals surface area contributed by atoms with Crippen LogP contribution in [0.3, 0.4) is 0 Å². The number of nitrogens with one attached hydrogen (secondary N) is 1. The maximum absolute atomic E-state index is 11.8. The third kappa shape index (κ3) is 3.90. The quantitative estimate of drug-likeness (QED) is 0.863. The van der Waals surface area contributed by atoms with E-state index >= 15 is 0 Å². The van der Waals surface area contributed by atoms with E-state index in [1.807, 2.05) is 34.3 Å². The summed E-state index contributed by atoms with van der Waals surface area (Å²) in [6.45, 7) is 1.03. The first-order valence-electron chi connectivity index (χ1n) is 5.65. The van der Waals surface area contributed by atoms with Crippen LogP contribution in [0, 0.1) is 0 Å². The fourth-order valence-electron chi connectivity index (χ4n) is 1.58. The molecule has 0 aliphatic rings. The fourth-order valence-corrected chi connectivity index (χ4v) is 3.07. The average molecular weight is 295 g/mol. The highest BCUT2D eigenvalue weighted by atomic mass is 32.1. The van der Waals surface area contributed by atoms with Crippen molar-refractivity contribution < 1.29 is 14.3 Å². The van der Waals surface area contributed by atoms with Crippen molar-refractivity contribution in [2.24, 2.45) is 0 Å². The molecule has 0 spiro atoms. The number of carbonyl (C=O) groups excluding carboxylic acids is 2. The molecule has 0 fully saturated rings. The van der Waals surface area contributed by atoms with Gasteiger partial charge in [0.15, 0.2) is 6.61 Å². The predicted molar refractivity (Wildman–Crippen MR) is 75.3 cm³/mol. The summed E-state index contributed by atoms with van der Waals surface area (Å²) in [6, 6.07) is 5.70. The Labute approximate surface area is 119 Å². The van der Waals surface area contributed by atoms with Crippen molar-refractivity contribution in [1.29, 1.82) is 0 Å². The first-order chi connectivity index (χ1) is 9.16. The molecule has 0 aliphatic carbocycles. The van der Waals surface area contributed by atoms with Crippen LogP contribution < -0.4 is 5.32 Å². The molecule has 6 heteroatoms. The Morgan fingerprint density at radius 2 is 2.21 bits per heavy atom. The Bertz CT molecular complexity index is 500. The number of esters is 1. The lowest BCUT2D eigenvalue weighted by Crippen LogP contribution is -2.32. The summed E-state index contributed by atoms with van der Waals surface area (Å²) in [7, 11) is 0. The second-order valence-corrected chi connectivity index (χ2v) is 5.61. The first kappa shape index (κ1) is 13.8. The van der Waals surface area contributed by atoms with Crippen LogP contribution in [0.25, 0.3) is 0 Å². The number of ether oxygens (including phenoxy) is 1. The number of hydrogen-bond acceptors (Lipinski definition) is 5. The third-order valence-electron chi connectivity index (χ3n) is 2.42. The summed E-state index contributed by atoms with van der Waals surface area (Å²) in [4.78, 5) is 23.5. The van der Waals surface area contributed by atoms with Gasteiger partial charge >= 0.3 is 5.97 Å². The van der Waals surface area contributed by atoms with Gasteiger partial charge in [0.05, 0.1) is 6.04 Å². The van der Waals surface area contributed by atoms with Crippen LogP contribution in [-0.4, -0.2) is 18.5 Å². The Morgan fingerprint density at radius 3 is 2.79 bits per heavy atom. The molecule has 1 unspecified atom stereocenters. The smallest absolute Gasteiger partial charge is 0.303 e. The summed E-state index contributed by atoms with van der Waals surface area (Å²) in [5, 5.41) is 8.81. The lowest BCUT2D eigenvalue weighted by atomic mass is 10.1. The second-order valence-electron chi connectivity index (χ2n) is 3.85. The largest absolute Gasteiger partial charge is 0.456 e. The lowest BCUT2D eigenvalue weighted by molar-refractivity contribution is -0.146. The van der Waals surface area contributed by atoms with Crippen molar-refractivity contribution in [2.45, 2.75) is 13.0 Å². The van der Waals surface area contributed by atoms with Gasteiger partial charge in [-0.2, -0.15) is 11.3 Å². The van der Waals surface area contributed by atoms with Crippen LogP contribution in [0.5, 0.6) is 0 Å². The van der Waals surface area contributed by atoms with Crippen LogP contribution in [-0.2, 0) is 14.3 Å². The molecule has 0 saturated heterocycles. The minimum Gasteiger partial charge on any atom is -0.456 e. The van der Waals surface area contributed by atoms with E-state index in [1.165, 1.54) is 6.92 Å². The van der Waals surface area contributed by atoms with E-state index in [0.29, 0.717) is 0 Å². The molecule has 0 bridgehead atoms. The van der Waals surface area contributed by atoms with Crippen molar-refractivity contribution in [1.82, 2.24) is 5.32 Å². The second kappa shape index (κ2) is 6.49. The van der Waals surface area contributed by atoms with Crippen LogP contribution in [0.15, 0.2) is 34.3 Å². The molecule has 100 valence electrons. The van der Waals surface area contributed by atoms with Gasteiger partial charge < -0.3 is 10.1 Å². The van der Waals surface area contributed by atoms with E-state index in [4.69, 9.17) is 4.74 Å². The van der Waals surface area contributed by atoms with Gasteiger partial charge in [0.1, 0.15) is 0 Å². The molecule has 4 nitrogen and oxygen atoms in total. The number of thiophene rings is 2. The number of hydrogen-bond donors (Lipinski definition) is 1. The van der Waals surface area contributed by atoms with Gasteiger partial charge in [0.25, 0.3) is 5.91 Å². The number of rotatable bonds is 5. The van der Waals surface area contributed by atoms with Gasteiger partial charge in [-0.3, -0.25) is 9.59 Å². The van der Waals surface area contributed by atoms with E-state index in [1.54, 1.807) is 22.7 Å². The first-order valence-corrected chi connectivity index (χ1v) is 7.47. The molecule has 1 amide bonds. The molecule has 0 radical (unpaired) electrons. The van der Waals surface area contributed by atoms with E-state index in [-0.39, 0.29) is 18.6 Å². The lowest BCUT2D eigenvalue weighted by Gasteiger charge is -2.16. The molecule has 2 aromatic heterocycles. The van der Waals surface area contributed by atoms with Gasteiger partial charge in [0.2, 0.25) is 0 Å². The van der Waals surface area contributed by atoms with Crippen molar-refractivity contribution in [3.8, 4) is 0 Å². The predicted octanol–water partition coefficient (Wildman–Crippen LogP) is 2.58. The van der Waals surface area contributed by atoms with Crippen LogP contribution in [0.2, 0.25) is 0 Å². The van der Waals surface area contributed by atoms with E-state index in [9.17, 15) is 9.59 Å². The third-order valence-corrected chi connectivity index (χ3v) is 4.05. The molecule has 1 N–H and O–H groups in total. The highest BCUT2D eigenvalue weighted by molar-refractivity contribution is 7.10. The molecule has 2 aromatic rings. The summed E-state index contributed by atoms with van der Waals surface area (Å²) in [5.74, 6) is -0.766. The Kier molecular flexibility index (Phi) is 4.70. The van der Waals surface area contributed by atoms with Crippen molar-refractivity contribution in [2.75, 3.05) is 6.61 Å². The Balaban J connectivity index is 2.07. The standard InChI is InChI=1S/C13H13NO3S2/c1-9(15)17-7-12(16)14-13(10-4-6-18-8-10)11-3-2-5-19-11/h2-6,8,13H,7H2,1H3,(H,14,16). The van der Waals surface area contributed by atoms with Crippen molar-refractivity contribution >= 4 is 34.6 Å². The Hall–Kier alpha value is -1.66. The van der Waals surface area contributed by atoms with E-state index < -0.39 is 5.97 Å². The minimum atomic E-state index is -0.460. The molecule has 2 rings (SSSR count). The summed E-state index contributed by atoms with van der Waals surface area (Å²) in [5.41, 5.74) is 1.03. The zero-order chi connectivity index (χ0) is 13.7. The molecule has 1 atom stereocenters. The van der Waals surface area contributed by atoms with Crippen molar-refractivity contribution in [3.63, 3.8) is 0 Å². The molecule has 2 heterocycles. The topological polar surface area (TPSA) is 55.4 Å². The molecular weight excluding hydrogens is 282 g/mol. The van der Waals surface area contributed by atoms with Gasteiger partial charge in [-0.25, -0.2) is 0 Å². The van der Waals surface area contributed by atoms with Crippen molar-refractivity contribution in [3.05, 3.63) is 44.8 Å². The molecule has 0 aliphatic heterocycles. The molecule has 19 heavy (non-hydrogen) atoms. The van der Waals surface area contributed by atoms with Crippen LogP contribution >= 0.6 is 22.7 Å². The maximum atomic E-state index is 11.8. The number of amides is 1. The maximum Gasteiger partial charge on any atom is 0.303 e. The zero-order valence-electron chi connectivity index (χ0n) is 10.3. The summed E-state index contributed by atoms with van der Waals surface area (Å²) in [6.07, 6.45) is 0. The van der Waals surface area contributed by atoms with Crippen LogP contribution in [0.1, 0.15) is 23.4 Å². The SMILES string of the molecule is CC(=O)OCC(=O)NC(c1ccsc1)c1cccs1. The summed E-state index contributed by atoms with van der Waals surface area (Å²) < 4.78 is 4.69. The normalized spacial score (nSPS) is 11.8. The van der Waals surface area contributed by atoms with E-state index in [2.05, 4.69) is 5.32 Å². The van der Waals surface area contributed by atoms with Gasteiger partial charge in [-0.05, 0) is 33.8 Å². The van der Waals surface area contributed by atoms with Gasteiger partial charge in [-0.15, -0.1) is 11.3 Å². The highest BCUT2D eigenvalue weighted by Gasteiger charge is 2.18. The zero-order valence-corrected chi connectivity index (χ0v) is 11.9. The van der Waals surface area contributed by atoms with E-state index in [0.717, 1.165) is 10.4 Å². The molecule has 0 saturated carbocycles. The highest BCUT2D eigenvalue weighted by Crippen LogP contribution is 2.27. The fraction of sp³-hybridized carbons (Fsp3) is 0.231. The minimum absolute atomic E-state index is 0.186. The molecule has 0 aromatic carbocycles. The van der Waals surface area contributed by atoms with Crippen LogP contribution in [0.4, 0.5) is 0 Å². The summed E-state index contributed by atoms with van der Waals surface area (Å²) >= 11 is 3.16. The van der Waals surface area contributed by atoms with Gasteiger partial charge in [-0.1, -0.05) is 6.07 Å². The Morgan fingerprint density at radius 1 is 1.37 bits per heavy atom. The average Bonchev–Trinajstić information content (AvgIpc) is 3.05. The monoisotopic (exact) mass is 295 g/mol. The number of carbonyl (C=O) groups is 2. The van der Waals surface area contributed by atoms with Gasteiger partial charge in [0, 0.05) is 11.8 Å².